The van der Waals surface area contributed by atoms with Gasteiger partial charge in [0.1, 0.15) is 17.5 Å². The van der Waals surface area contributed by atoms with Crippen LogP contribution in [0.1, 0.15) is 17.1 Å². The highest BCUT2D eigenvalue weighted by Gasteiger charge is 2.07. The molecule has 2 aromatic rings. The minimum Gasteiger partial charge on any atom is -0.373 e. The standard InChI is InChI=1S/C13H20N6/c1-9-12(14-3)17-10(2)18-13(9)15-7-5-11-6-8-16-19(11)4/h6,8H,5,7H2,1-4H3,(H2,14,15,17,18). The van der Waals surface area contributed by atoms with Crippen molar-refractivity contribution in [1.82, 2.24) is 19.7 Å². The zero-order valence-electron chi connectivity index (χ0n) is 11.9. The first-order chi connectivity index (χ1) is 9.11. The van der Waals surface area contributed by atoms with Crippen molar-refractivity contribution in [2.75, 3.05) is 24.2 Å². The molecule has 0 aliphatic heterocycles. The van der Waals surface area contributed by atoms with Gasteiger partial charge in [0.15, 0.2) is 0 Å². The van der Waals surface area contributed by atoms with Crippen molar-refractivity contribution in [3.05, 3.63) is 29.3 Å². The molecule has 0 saturated carbocycles. The van der Waals surface area contributed by atoms with Gasteiger partial charge in [-0.15, -0.1) is 0 Å². The molecular formula is C13H20N6. The SMILES string of the molecule is CNc1nc(C)nc(NCCc2ccnn2C)c1C. The van der Waals surface area contributed by atoms with Gasteiger partial charge < -0.3 is 10.6 Å². The van der Waals surface area contributed by atoms with E-state index in [9.17, 15) is 0 Å². The molecule has 0 unspecified atom stereocenters. The molecule has 6 nitrogen and oxygen atoms in total. The lowest BCUT2D eigenvalue weighted by molar-refractivity contribution is 0.710. The van der Waals surface area contributed by atoms with Crippen LogP contribution in [0.2, 0.25) is 0 Å². The van der Waals surface area contributed by atoms with E-state index >= 15 is 0 Å². The summed E-state index contributed by atoms with van der Waals surface area (Å²) in [6.07, 6.45) is 2.72. The van der Waals surface area contributed by atoms with Crippen LogP contribution in [0.4, 0.5) is 11.6 Å². The molecule has 2 rings (SSSR count). The van der Waals surface area contributed by atoms with Crippen molar-refractivity contribution in [2.45, 2.75) is 20.3 Å². The van der Waals surface area contributed by atoms with Crippen molar-refractivity contribution in [1.29, 1.82) is 0 Å². The number of rotatable bonds is 5. The molecule has 2 N–H and O–H groups in total. The maximum absolute atomic E-state index is 4.44. The van der Waals surface area contributed by atoms with E-state index in [4.69, 9.17) is 0 Å². The van der Waals surface area contributed by atoms with E-state index in [1.165, 1.54) is 5.69 Å². The summed E-state index contributed by atoms with van der Waals surface area (Å²) >= 11 is 0. The lowest BCUT2D eigenvalue weighted by atomic mass is 10.2. The van der Waals surface area contributed by atoms with Crippen molar-refractivity contribution in [2.24, 2.45) is 7.05 Å². The molecule has 0 amide bonds. The summed E-state index contributed by atoms with van der Waals surface area (Å²) in [6, 6.07) is 2.03. The number of aryl methyl sites for hydroxylation is 2. The van der Waals surface area contributed by atoms with E-state index in [2.05, 4.69) is 25.7 Å². The lowest BCUT2D eigenvalue weighted by Crippen LogP contribution is -2.12. The van der Waals surface area contributed by atoms with Gasteiger partial charge in [-0.05, 0) is 19.9 Å². The summed E-state index contributed by atoms with van der Waals surface area (Å²) in [5, 5.41) is 10.6. The molecule has 0 aliphatic rings. The van der Waals surface area contributed by atoms with Crippen LogP contribution >= 0.6 is 0 Å². The molecule has 0 spiro atoms. The molecule has 19 heavy (non-hydrogen) atoms. The van der Waals surface area contributed by atoms with E-state index in [1.54, 1.807) is 0 Å². The Hall–Kier alpha value is -2.11. The molecular weight excluding hydrogens is 240 g/mol. The fourth-order valence-corrected chi connectivity index (χ4v) is 2.00. The summed E-state index contributed by atoms with van der Waals surface area (Å²) in [6.45, 7) is 4.73. The van der Waals surface area contributed by atoms with E-state index in [-0.39, 0.29) is 0 Å². The highest BCUT2D eigenvalue weighted by Crippen LogP contribution is 2.19. The quantitative estimate of drug-likeness (QED) is 0.853. The van der Waals surface area contributed by atoms with Gasteiger partial charge in [0.05, 0.1) is 0 Å². The van der Waals surface area contributed by atoms with Gasteiger partial charge in [-0.25, -0.2) is 9.97 Å². The zero-order valence-corrected chi connectivity index (χ0v) is 11.9. The molecule has 0 fully saturated rings. The van der Waals surface area contributed by atoms with Crippen LogP contribution in [0.15, 0.2) is 12.3 Å². The van der Waals surface area contributed by atoms with Crippen LogP contribution in [-0.4, -0.2) is 33.3 Å². The van der Waals surface area contributed by atoms with E-state index < -0.39 is 0 Å². The fraction of sp³-hybridized carbons (Fsp3) is 0.462. The Morgan fingerprint density at radius 1 is 1.21 bits per heavy atom. The first kappa shape index (κ1) is 13.3. The molecule has 0 bridgehead atoms. The second-order valence-corrected chi connectivity index (χ2v) is 4.47. The second kappa shape index (κ2) is 5.69. The fourth-order valence-electron chi connectivity index (χ4n) is 2.00. The Morgan fingerprint density at radius 2 is 1.95 bits per heavy atom. The van der Waals surface area contributed by atoms with Gasteiger partial charge in [-0.3, -0.25) is 4.68 Å². The predicted molar refractivity (Wildman–Crippen MR) is 76.5 cm³/mol. The van der Waals surface area contributed by atoms with Crippen LogP contribution in [0.5, 0.6) is 0 Å². The molecule has 0 saturated heterocycles. The minimum atomic E-state index is 0.762. The van der Waals surface area contributed by atoms with Crippen LogP contribution in [0.3, 0.4) is 0 Å². The third-order valence-electron chi connectivity index (χ3n) is 3.09. The molecule has 0 radical (unpaired) electrons. The van der Waals surface area contributed by atoms with Gasteiger partial charge in [0.25, 0.3) is 0 Å². The van der Waals surface area contributed by atoms with Crippen LogP contribution in [0, 0.1) is 13.8 Å². The average Bonchev–Trinajstić information content (AvgIpc) is 2.79. The Labute approximate surface area is 113 Å². The Bertz CT molecular complexity index is 560. The summed E-state index contributed by atoms with van der Waals surface area (Å²) < 4.78 is 1.89. The third kappa shape index (κ3) is 3.01. The van der Waals surface area contributed by atoms with Gasteiger partial charge in [0, 0.05) is 44.5 Å². The normalized spacial score (nSPS) is 10.5. The van der Waals surface area contributed by atoms with E-state index in [1.807, 2.05) is 44.9 Å². The Morgan fingerprint density at radius 3 is 2.58 bits per heavy atom. The monoisotopic (exact) mass is 260 g/mol. The summed E-state index contributed by atoms with van der Waals surface area (Å²) in [4.78, 5) is 8.79. The van der Waals surface area contributed by atoms with Crippen molar-refractivity contribution in [3.8, 4) is 0 Å². The summed E-state index contributed by atoms with van der Waals surface area (Å²) in [5.41, 5.74) is 2.24. The lowest BCUT2D eigenvalue weighted by Gasteiger charge is -2.12. The van der Waals surface area contributed by atoms with Gasteiger partial charge >= 0.3 is 0 Å². The number of nitrogens with one attached hydrogen (secondary N) is 2. The predicted octanol–water partition coefficient (Wildman–Crippen LogP) is 1.52. The Balaban J connectivity index is 2.03. The van der Waals surface area contributed by atoms with Crippen molar-refractivity contribution in [3.63, 3.8) is 0 Å². The second-order valence-electron chi connectivity index (χ2n) is 4.47. The van der Waals surface area contributed by atoms with E-state index in [0.717, 1.165) is 36.0 Å². The van der Waals surface area contributed by atoms with E-state index in [0.29, 0.717) is 0 Å². The van der Waals surface area contributed by atoms with Gasteiger partial charge in [-0.1, -0.05) is 0 Å². The van der Waals surface area contributed by atoms with Crippen LogP contribution < -0.4 is 10.6 Å². The highest BCUT2D eigenvalue weighted by atomic mass is 15.3. The maximum Gasteiger partial charge on any atom is 0.134 e. The first-order valence-corrected chi connectivity index (χ1v) is 6.35. The first-order valence-electron chi connectivity index (χ1n) is 6.35. The number of hydrogen-bond donors (Lipinski definition) is 2. The summed E-state index contributed by atoms with van der Waals surface area (Å²) in [5.74, 6) is 2.52. The molecule has 0 aromatic carbocycles. The molecule has 2 aromatic heterocycles. The zero-order chi connectivity index (χ0) is 13.8. The molecule has 102 valence electrons. The highest BCUT2D eigenvalue weighted by molar-refractivity contribution is 5.56. The topological polar surface area (TPSA) is 67.7 Å². The molecule has 2 heterocycles. The number of nitrogens with zero attached hydrogens (tertiary/aromatic N) is 4. The number of aromatic nitrogens is 4. The number of hydrogen-bond acceptors (Lipinski definition) is 5. The third-order valence-corrected chi connectivity index (χ3v) is 3.09. The average molecular weight is 260 g/mol. The van der Waals surface area contributed by atoms with Gasteiger partial charge in [0.2, 0.25) is 0 Å². The molecule has 0 aliphatic carbocycles. The molecule has 0 atom stereocenters. The Kier molecular flexibility index (Phi) is 3.99. The smallest absolute Gasteiger partial charge is 0.134 e. The number of anilines is 2. The van der Waals surface area contributed by atoms with Crippen LogP contribution in [0.25, 0.3) is 0 Å². The largest absolute Gasteiger partial charge is 0.373 e. The summed E-state index contributed by atoms with van der Waals surface area (Å²) in [7, 11) is 3.82. The van der Waals surface area contributed by atoms with Gasteiger partial charge in [-0.2, -0.15) is 5.10 Å². The molecule has 6 heteroatoms. The maximum atomic E-state index is 4.44. The van der Waals surface area contributed by atoms with Crippen molar-refractivity contribution >= 4 is 11.6 Å². The van der Waals surface area contributed by atoms with Crippen molar-refractivity contribution < 1.29 is 0 Å². The van der Waals surface area contributed by atoms with Crippen LogP contribution in [-0.2, 0) is 13.5 Å². The minimum absolute atomic E-state index is 0.762.